The van der Waals surface area contributed by atoms with Crippen LogP contribution in [0, 0.1) is 0 Å². The fourth-order valence-electron chi connectivity index (χ4n) is 8.87. The number of carbonyl (C=O) groups is 3. The third-order valence-electron chi connectivity index (χ3n) is 13.9. The van der Waals surface area contributed by atoms with Crippen molar-refractivity contribution in [1.82, 2.24) is 0 Å². The third-order valence-corrected chi connectivity index (χ3v) is 13.9. The van der Waals surface area contributed by atoms with Crippen LogP contribution >= 0.6 is 0 Å². The van der Waals surface area contributed by atoms with E-state index in [-0.39, 0.29) is 32.2 Å². The molecule has 0 spiro atoms. The zero-order valence-corrected chi connectivity index (χ0v) is 53.8. The van der Waals surface area contributed by atoms with Gasteiger partial charge in [0.1, 0.15) is 13.2 Å². The molecule has 0 aromatic carbocycles. The van der Waals surface area contributed by atoms with Crippen LogP contribution in [0.4, 0.5) is 0 Å². The molecule has 83 heavy (non-hydrogen) atoms. The first kappa shape index (κ1) is 78.4. The van der Waals surface area contributed by atoms with Gasteiger partial charge in [-0.2, -0.15) is 0 Å². The summed E-state index contributed by atoms with van der Waals surface area (Å²) in [5, 5.41) is 9.74. The number of rotatable bonds is 60. The molecule has 0 rings (SSSR count). The van der Waals surface area contributed by atoms with Gasteiger partial charge in [0.2, 0.25) is 0 Å². The minimum Gasteiger partial charge on any atom is -0.477 e. The maximum absolute atomic E-state index is 12.9. The van der Waals surface area contributed by atoms with Crippen molar-refractivity contribution in [3.63, 3.8) is 0 Å². The Hall–Kier alpha value is -4.57. The van der Waals surface area contributed by atoms with Gasteiger partial charge in [-0.3, -0.25) is 9.59 Å². The molecule has 0 aromatic rings. The Morgan fingerprint density at radius 3 is 0.964 bits per heavy atom. The molecule has 2 unspecified atom stereocenters. The molecule has 0 saturated carbocycles. The predicted molar refractivity (Wildman–Crippen MR) is 354 cm³/mol. The predicted octanol–water partition coefficient (Wildman–Crippen LogP) is 20.6. The smallest absolute Gasteiger partial charge is 0.361 e. The van der Waals surface area contributed by atoms with E-state index in [0.717, 1.165) is 128 Å². The number of unbranched alkanes of at least 4 members (excludes halogenated alkanes) is 23. The third kappa shape index (κ3) is 64.8. The molecule has 1 N–H and O–H groups in total. The van der Waals surface area contributed by atoms with E-state index in [0.29, 0.717) is 23.9 Å². The summed E-state index contributed by atoms with van der Waals surface area (Å²) < 4.78 is 22.9. The Morgan fingerprint density at radius 2 is 0.651 bits per heavy atom. The normalized spacial score (nSPS) is 13.6. The number of carboxylic acids is 1. The van der Waals surface area contributed by atoms with E-state index in [4.69, 9.17) is 18.9 Å². The van der Waals surface area contributed by atoms with Gasteiger partial charge in [-0.15, -0.1) is 0 Å². The van der Waals surface area contributed by atoms with Gasteiger partial charge in [0, 0.05) is 12.8 Å². The maximum atomic E-state index is 12.9. The second-order valence-electron chi connectivity index (χ2n) is 23.0. The van der Waals surface area contributed by atoms with Gasteiger partial charge in [0.05, 0.1) is 34.4 Å². The van der Waals surface area contributed by atoms with Crippen molar-refractivity contribution in [2.75, 3.05) is 47.5 Å². The highest BCUT2D eigenvalue weighted by Gasteiger charge is 2.25. The monoisotopic (exact) mass is 1150 g/mol. The average Bonchev–Trinajstić information content (AvgIpc) is 3.46. The average molecular weight is 1160 g/mol. The first-order valence-corrected chi connectivity index (χ1v) is 33.3. The number of aliphatic carboxylic acids is 1. The maximum Gasteiger partial charge on any atom is 0.361 e. The van der Waals surface area contributed by atoms with Crippen LogP contribution < -0.4 is 0 Å². The molecule has 0 fully saturated rings. The second kappa shape index (κ2) is 63.5. The van der Waals surface area contributed by atoms with Crippen LogP contribution in [0.25, 0.3) is 0 Å². The van der Waals surface area contributed by atoms with Gasteiger partial charge in [-0.05, 0) is 109 Å². The number of carbonyl (C=O) groups excluding carboxylic acids is 2. The molecule has 0 radical (unpaired) electrons. The van der Waals surface area contributed by atoms with Gasteiger partial charge >= 0.3 is 17.9 Å². The van der Waals surface area contributed by atoms with Crippen LogP contribution in [-0.2, 0) is 33.3 Å². The molecule has 9 nitrogen and oxygen atoms in total. The lowest BCUT2D eigenvalue weighted by atomic mass is 10.0. The number of hydrogen-bond acceptors (Lipinski definition) is 7. The zero-order valence-electron chi connectivity index (χ0n) is 53.8. The number of hydrogen-bond donors (Lipinski definition) is 1. The van der Waals surface area contributed by atoms with Gasteiger partial charge in [0.25, 0.3) is 6.29 Å². The van der Waals surface area contributed by atoms with Crippen LogP contribution in [0.3, 0.4) is 0 Å². The highest BCUT2D eigenvalue weighted by molar-refractivity contribution is 5.71. The number of ether oxygens (including phenoxy) is 4. The van der Waals surface area contributed by atoms with E-state index in [1.54, 1.807) is 0 Å². The first-order chi connectivity index (χ1) is 40.6. The summed E-state index contributed by atoms with van der Waals surface area (Å²) in [6, 6.07) is 0. The topological polar surface area (TPSA) is 108 Å². The SMILES string of the molecule is CC/C=C\C/C=C\C/C=C\C/C=C\C/C=C\C/C=C\CCCCCCCCC(=O)OC(COC(=O)CCCCCCCCCCCCCCCCCCC/C=C\C/C=C\C/C=C\C/C=C\C/C=C\CC)COC(OCC[N+](C)(C)C)C(=O)O. The number of nitrogens with zero attached hydrogens (tertiary/aromatic N) is 1. The lowest BCUT2D eigenvalue weighted by Crippen LogP contribution is -2.40. The number of likely N-dealkylation sites (N-methyl/N-ethyl adjacent to an activating group) is 1. The molecule has 0 aliphatic heterocycles. The molecular formula is C74H124NO8+. The summed E-state index contributed by atoms with van der Waals surface area (Å²) in [5.74, 6) is -2.03. The summed E-state index contributed by atoms with van der Waals surface area (Å²) >= 11 is 0. The van der Waals surface area contributed by atoms with Crippen LogP contribution in [-0.4, -0.2) is 87.4 Å². The Bertz CT molecular complexity index is 1820. The van der Waals surface area contributed by atoms with Crippen molar-refractivity contribution in [1.29, 1.82) is 0 Å². The number of carboxylic acid groups (broad SMARTS) is 1. The van der Waals surface area contributed by atoms with E-state index in [9.17, 15) is 19.5 Å². The van der Waals surface area contributed by atoms with E-state index in [1.807, 2.05) is 21.1 Å². The minimum atomic E-state index is -1.52. The van der Waals surface area contributed by atoms with Crippen molar-refractivity contribution in [3.8, 4) is 0 Å². The molecule has 0 amide bonds. The van der Waals surface area contributed by atoms with Gasteiger partial charge in [0.15, 0.2) is 6.10 Å². The van der Waals surface area contributed by atoms with Gasteiger partial charge < -0.3 is 28.5 Å². The quantitative estimate of drug-likeness (QED) is 0.0211. The largest absolute Gasteiger partial charge is 0.477 e. The van der Waals surface area contributed by atoms with Gasteiger partial charge in [-0.25, -0.2) is 4.79 Å². The standard InChI is InChI=1S/C74H123NO8/c1-6-8-10-12-14-16-18-20-22-24-26-28-30-32-33-34-35-36-37-38-39-41-42-44-46-48-50-52-54-56-58-60-62-64-71(76)81-68-70(69-82-74(73(78)79)80-67-66-75(3,4)5)83-72(77)65-63-61-59-57-55-53-51-49-47-45-43-40-31-29-27-25-23-21-19-17-15-13-11-9-7-2/h8-11,14-17,20-23,26-29,32-33,40,43,47,49,70,74H,6-7,12-13,18-19,24-25,30-31,34-39,41-42,44-46,48,50-69H2,1-5H3/p+1/b10-8-,11-9-,16-14-,17-15-,22-20-,23-21-,28-26-,29-27-,33-32-,43-40-,49-47-. The Balaban J connectivity index is 4.17. The fourth-order valence-corrected chi connectivity index (χ4v) is 8.87. The molecule has 0 heterocycles. The number of allylic oxidation sites excluding steroid dienone is 22. The van der Waals surface area contributed by atoms with Crippen molar-refractivity contribution in [2.24, 2.45) is 0 Å². The van der Waals surface area contributed by atoms with E-state index < -0.39 is 24.3 Å². The molecule has 472 valence electrons. The number of esters is 2. The Labute approximate surface area is 509 Å². The first-order valence-electron chi connectivity index (χ1n) is 33.3. The molecule has 9 heteroatoms. The van der Waals surface area contributed by atoms with Gasteiger partial charge in [-0.1, -0.05) is 270 Å². The zero-order chi connectivity index (χ0) is 60.5. The van der Waals surface area contributed by atoms with E-state index in [2.05, 4.69) is 148 Å². The highest BCUT2D eigenvalue weighted by atomic mass is 16.7. The summed E-state index contributed by atoms with van der Waals surface area (Å²) in [4.78, 5) is 37.6. The summed E-state index contributed by atoms with van der Waals surface area (Å²) in [6.07, 6.45) is 88.3. The van der Waals surface area contributed by atoms with Crippen molar-refractivity contribution >= 4 is 17.9 Å². The van der Waals surface area contributed by atoms with E-state index >= 15 is 0 Å². The van der Waals surface area contributed by atoms with Crippen LogP contribution in [0.2, 0.25) is 0 Å². The molecule has 0 aliphatic rings. The second-order valence-corrected chi connectivity index (χ2v) is 23.0. The highest BCUT2D eigenvalue weighted by Crippen LogP contribution is 2.16. The summed E-state index contributed by atoms with van der Waals surface area (Å²) in [7, 11) is 5.96. The lowest BCUT2D eigenvalue weighted by molar-refractivity contribution is -0.870. The Morgan fingerprint density at radius 1 is 0.361 bits per heavy atom. The minimum absolute atomic E-state index is 0.179. The number of quaternary nitrogens is 1. The molecular weight excluding hydrogens is 1030 g/mol. The van der Waals surface area contributed by atoms with Crippen molar-refractivity contribution < 1.29 is 42.9 Å². The molecule has 0 saturated heterocycles. The molecule has 2 atom stereocenters. The molecule has 0 aromatic heterocycles. The fraction of sp³-hybridized carbons (Fsp3) is 0.662. The van der Waals surface area contributed by atoms with E-state index in [1.165, 1.54) is 96.3 Å². The van der Waals surface area contributed by atoms with Crippen LogP contribution in [0.1, 0.15) is 258 Å². The summed E-state index contributed by atoms with van der Waals surface area (Å²) in [5.41, 5.74) is 0. The Kier molecular flexibility index (Phi) is 60.0. The van der Waals surface area contributed by atoms with Crippen LogP contribution in [0.15, 0.2) is 134 Å². The van der Waals surface area contributed by atoms with Crippen molar-refractivity contribution in [2.45, 2.75) is 270 Å². The lowest BCUT2D eigenvalue weighted by Gasteiger charge is -2.25. The summed E-state index contributed by atoms with van der Waals surface area (Å²) in [6.45, 7) is 4.63. The molecule has 0 bridgehead atoms. The van der Waals surface area contributed by atoms with Crippen molar-refractivity contribution in [3.05, 3.63) is 134 Å². The molecule has 0 aliphatic carbocycles. The van der Waals surface area contributed by atoms with Crippen LogP contribution in [0.5, 0.6) is 0 Å².